The average molecular weight is 460 g/mol. The summed E-state index contributed by atoms with van der Waals surface area (Å²) in [6, 6.07) is 13.7. The molecule has 2 aromatic rings. The van der Waals surface area contributed by atoms with Crippen LogP contribution in [0.1, 0.15) is 18.9 Å². The average Bonchev–Trinajstić information content (AvgIpc) is 2.66. The van der Waals surface area contributed by atoms with E-state index < -0.39 is 10.4 Å². The third-order valence-corrected chi connectivity index (χ3v) is 4.74. The fourth-order valence-electron chi connectivity index (χ4n) is 2.63. The highest BCUT2D eigenvalue weighted by Crippen LogP contribution is 2.39. The van der Waals surface area contributed by atoms with Crippen molar-refractivity contribution in [1.82, 2.24) is 0 Å². The maximum atomic E-state index is 9.00. The van der Waals surface area contributed by atoms with Crippen molar-refractivity contribution in [2.75, 3.05) is 18.6 Å². The van der Waals surface area contributed by atoms with Gasteiger partial charge in [-0.1, -0.05) is 41.9 Å². The molecule has 0 saturated heterocycles. The molecule has 1 atom stereocenters. The topological polar surface area (TPSA) is 118 Å². The second kappa shape index (κ2) is 11.8. The van der Waals surface area contributed by atoms with E-state index in [9.17, 15) is 0 Å². The Morgan fingerprint density at radius 3 is 2.41 bits per heavy atom. The number of methoxy groups -OCH3 is 1. The summed E-state index contributed by atoms with van der Waals surface area (Å²) >= 11 is 10.9. The zero-order valence-electron chi connectivity index (χ0n) is 15.9. The van der Waals surface area contributed by atoms with E-state index in [0.717, 1.165) is 25.1 Å². The van der Waals surface area contributed by atoms with Crippen molar-refractivity contribution in [2.24, 2.45) is 0 Å². The first-order valence-electron chi connectivity index (χ1n) is 8.50. The molecule has 29 heavy (non-hydrogen) atoms. The lowest BCUT2D eigenvalue weighted by atomic mass is 10.1. The fourth-order valence-corrected chi connectivity index (χ4v) is 3.25. The first kappa shape index (κ1) is 25.0. The zero-order chi connectivity index (χ0) is 22.0. The number of anilines is 1. The van der Waals surface area contributed by atoms with Gasteiger partial charge in [-0.25, -0.2) is 8.42 Å². The molecule has 1 unspecified atom stereocenters. The van der Waals surface area contributed by atoms with E-state index in [0.29, 0.717) is 10.8 Å². The maximum Gasteiger partial charge on any atom is 0.407 e. The van der Waals surface area contributed by atoms with E-state index in [1.165, 1.54) is 5.56 Å². The number of hydrogen-bond donors (Lipinski definition) is 2. The van der Waals surface area contributed by atoms with Crippen molar-refractivity contribution < 1.29 is 22.3 Å². The Balaban J connectivity index is 0.000000749. The van der Waals surface area contributed by atoms with Gasteiger partial charge in [0.1, 0.15) is 10.8 Å². The summed E-state index contributed by atoms with van der Waals surface area (Å²) in [6.45, 7) is 2.81. The molecule has 0 aliphatic heterocycles. The molecule has 0 amide bonds. The lowest BCUT2D eigenvalue weighted by Crippen LogP contribution is -2.32. The summed E-state index contributed by atoms with van der Waals surface area (Å²) in [5.74, 6) is 0.604. The summed E-state index contributed by atoms with van der Waals surface area (Å²) in [6.07, 6.45) is 1.82. The molecule has 0 fully saturated rings. The summed E-state index contributed by atoms with van der Waals surface area (Å²) < 4.78 is 38.3. The number of halogens is 1. The first-order chi connectivity index (χ1) is 13.6. The van der Waals surface area contributed by atoms with Crippen LogP contribution in [0.15, 0.2) is 42.5 Å². The van der Waals surface area contributed by atoms with Crippen molar-refractivity contribution in [3.05, 3.63) is 58.0 Å². The Hall–Kier alpha value is -2.03. The molecule has 11 heteroatoms. The van der Waals surface area contributed by atoms with Crippen molar-refractivity contribution >= 4 is 46.0 Å². The fraction of sp³-hybridized carbons (Fsp3) is 0.333. The third-order valence-electron chi connectivity index (χ3n) is 3.90. The molecule has 0 aliphatic rings. The van der Waals surface area contributed by atoms with E-state index in [1.807, 2.05) is 18.2 Å². The van der Waals surface area contributed by atoms with Crippen molar-refractivity contribution in [3.63, 3.8) is 0 Å². The number of rotatable bonds is 7. The van der Waals surface area contributed by atoms with Gasteiger partial charge in [0.2, 0.25) is 15.8 Å². The van der Waals surface area contributed by atoms with Crippen molar-refractivity contribution in [2.45, 2.75) is 25.1 Å². The van der Waals surface area contributed by atoms with Gasteiger partial charge in [0.25, 0.3) is 0 Å². The predicted molar refractivity (Wildman–Crippen MR) is 116 cm³/mol. The molecule has 2 aromatic carbocycles. The van der Waals surface area contributed by atoms with Gasteiger partial charge in [-0.3, -0.25) is 4.55 Å². The number of nitrogens with zero attached hydrogens (tertiary/aromatic N) is 3. The number of aryl methyl sites for hydroxylation is 1. The first-order valence-corrected chi connectivity index (χ1v) is 10.8. The Bertz CT molecular complexity index is 929. The van der Waals surface area contributed by atoms with Gasteiger partial charge in [-0.05, 0) is 31.4 Å². The molecule has 0 spiro atoms. The van der Waals surface area contributed by atoms with Gasteiger partial charge in [0.15, 0.2) is 4.98 Å². The van der Waals surface area contributed by atoms with Crippen LogP contribution in [0.4, 0.5) is 11.4 Å². The highest BCUT2D eigenvalue weighted by atomic mass is 35.5. The molecule has 8 nitrogen and oxygen atoms in total. The molecule has 0 saturated carbocycles. The van der Waals surface area contributed by atoms with E-state index in [1.54, 1.807) is 19.2 Å². The Morgan fingerprint density at radius 1 is 1.34 bits per heavy atom. The third kappa shape index (κ3) is 8.89. The van der Waals surface area contributed by atoms with Gasteiger partial charge in [-0.15, -0.1) is 0 Å². The Labute approximate surface area is 181 Å². The van der Waals surface area contributed by atoms with Crippen LogP contribution in [-0.2, 0) is 16.8 Å². The summed E-state index contributed by atoms with van der Waals surface area (Å²) in [7, 11) is -3.33. The van der Waals surface area contributed by atoms with E-state index in [2.05, 4.69) is 28.9 Å². The van der Waals surface area contributed by atoms with Crippen LogP contribution in [0.5, 0.6) is 5.75 Å². The smallest absolute Gasteiger partial charge is 0.407 e. The monoisotopic (exact) mass is 459 g/mol. The van der Waals surface area contributed by atoms with Gasteiger partial charge in [-0.2, -0.15) is 12.6 Å². The molecular formula is C18H22ClN3O5S2. The minimum atomic E-state index is -4.92. The molecular weight excluding hydrogens is 438 g/mol. The van der Waals surface area contributed by atoms with Crippen LogP contribution in [0.2, 0.25) is 5.02 Å². The van der Waals surface area contributed by atoms with Gasteiger partial charge in [0.05, 0.1) is 24.2 Å². The lowest BCUT2D eigenvalue weighted by Gasteiger charge is -2.30. The largest absolute Gasteiger partial charge is 0.726 e. The summed E-state index contributed by atoms with van der Waals surface area (Å²) in [5, 5.41) is 9.38. The van der Waals surface area contributed by atoms with Crippen LogP contribution in [0.25, 0.3) is 4.98 Å². The SMILES string of the molecule is CCN(c1cc(Cl)c([N+]#N)cc1OC)C(S)CCc1ccccc1.O=S(=O)([O-])O. The highest BCUT2D eigenvalue weighted by molar-refractivity contribution is 7.81. The van der Waals surface area contributed by atoms with Gasteiger partial charge in [0, 0.05) is 6.54 Å². The number of hydrogen-bond acceptors (Lipinski definition) is 7. The molecule has 2 rings (SSSR count). The van der Waals surface area contributed by atoms with Crippen LogP contribution in [0.3, 0.4) is 0 Å². The summed E-state index contributed by atoms with van der Waals surface area (Å²) in [4.78, 5) is 5.30. The lowest BCUT2D eigenvalue weighted by molar-refractivity contribution is 0.366. The molecule has 0 heterocycles. The number of thiol groups is 1. The summed E-state index contributed by atoms with van der Waals surface area (Å²) in [5.41, 5.74) is 2.41. The number of benzene rings is 2. The molecule has 0 aliphatic carbocycles. The minimum Gasteiger partial charge on any atom is -0.726 e. The highest BCUT2D eigenvalue weighted by Gasteiger charge is 2.23. The van der Waals surface area contributed by atoms with Crippen LogP contribution in [-0.4, -0.2) is 36.6 Å². The zero-order valence-corrected chi connectivity index (χ0v) is 18.4. The second-order valence-corrected chi connectivity index (χ2v) is 7.65. The minimum absolute atomic E-state index is 0.0112. The van der Waals surface area contributed by atoms with E-state index in [4.69, 9.17) is 51.9 Å². The maximum absolute atomic E-state index is 9.00. The van der Waals surface area contributed by atoms with E-state index in [-0.39, 0.29) is 11.1 Å². The quantitative estimate of drug-likeness (QED) is 0.205. The van der Waals surface area contributed by atoms with Crippen molar-refractivity contribution in [1.29, 1.82) is 5.39 Å². The van der Waals surface area contributed by atoms with Gasteiger partial charge >= 0.3 is 5.69 Å². The number of ether oxygens (including phenoxy) is 1. The van der Waals surface area contributed by atoms with Crippen LogP contribution >= 0.6 is 24.2 Å². The predicted octanol–water partition coefficient (Wildman–Crippen LogP) is 4.55. The van der Waals surface area contributed by atoms with Crippen LogP contribution in [0, 0.1) is 5.39 Å². The van der Waals surface area contributed by atoms with Crippen LogP contribution < -0.4 is 9.64 Å². The molecule has 158 valence electrons. The number of diazo groups is 1. The normalized spacial score (nSPS) is 11.6. The Kier molecular flexibility index (Phi) is 10.2. The van der Waals surface area contributed by atoms with Crippen molar-refractivity contribution in [3.8, 4) is 5.75 Å². The molecule has 0 aromatic heterocycles. The molecule has 1 N–H and O–H groups in total. The van der Waals surface area contributed by atoms with E-state index >= 15 is 0 Å². The standard InChI is InChI=1S/C18H20ClN3OS.H2O4S/c1-3-22(18(24)10-9-13-7-5-4-6-8-13)16-11-14(19)15(21-20)12-17(16)23-2;1-5(2,3)4/h4-8,11-12,18H,3,9-10H2,1-2H3;(H2,1,2,3,4). The van der Waals surface area contributed by atoms with Gasteiger partial charge < -0.3 is 14.2 Å². The second-order valence-electron chi connectivity index (χ2n) is 5.79. The Morgan fingerprint density at radius 2 is 1.93 bits per heavy atom. The molecule has 0 bridgehead atoms. The molecule has 0 radical (unpaired) electrons.